The van der Waals surface area contributed by atoms with E-state index in [0.29, 0.717) is 12.1 Å². The van der Waals surface area contributed by atoms with Gasteiger partial charge in [0.05, 0.1) is 24.1 Å². The van der Waals surface area contributed by atoms with E-state index in [0.717, 1.165) is 16.7 Å². The highest BCUT2D eigenvalue weighted by molar-refractivity contribution is 6.08. The Morgan fingerprint density at radius 3 is 2.82 bits per heavy atom. The van der Waals surface area contributed by atoms with E-state index in [1.807, 2.05) is 0 Å². The van der Waals surface area contributed by atoms with E-state index in [1.54, 1.807) is 6.92 Å². The molecule has 0 bridgehead atoms. The standard InChI is InChI=1S/C19H20F2N4O3/c1-12-8-23-14(9-22-12)10-24-17(26)19(28)6-3-7-25(18(19)27)11-13-4-2-5-15(20)16(13)21/h2,4-5,8-9,28H,3,6-7,10-11H2,1H3,(H,24,26). The van der Waals surface area contributed by atoms with Crippen LogP contribution >= 0.6 is 0 Å². The minimum atomic E-state index is -2.26. The Hall–Kier alpha value is -2.94. The summed E-state index contributed by atoms with van der Waals surface area (Å²) in [5.41, 5.74) is -1.09. The topological polar surface area (TPSA) is 95.4 Å². The first-order valence-corrected chi connectivity index (χ1v) is 8.82. The molecule has 2 heterocycles. The highest BCUT2D eigenvalue weighted by Crippen LogP contribution is 2.25. The Morgan fingerprint density at radius 1 is 1.32 bits per heavy atom. The van der Waals surface area contributed by atoms with Crippen molar-refractivity contribution in [3.63, 3.8) is 0 Å². The van der Waals surface area contributed by atoms with Crippen molar-refractivity contribution in [1.82, 2.24) is 20.2 Å². The van der Waals surface area contributed by atoms with Crippen LogP contribution in [0.5, 0.6) is 0 Å². The predicted octanol–water partition coefficient (Wildman–Crippen LogP) is 1.23. The van der Waals surface area contributed by atoms with E-state index in [4.69, 9.17) is 0 Å². The lowest BCUT2D eigenvalue weighted by Gasteiger charge is -2.37. The third-order valence-corrected chi connectivity index (χ3v) is 4.64. The minimum absolute atomic E-state index is 0.000226. The third-order valence-electron chi connectivity index (χ3n) is 4.64. The smallest absolute Gasteiger partial charge is 0.264 e. The highest BCUT2D eigenvalue weighted by Gasteiger charge is 2.48. The molecular formula is C19H20F2N4O3. The van der Waals surface area contributed by atoms with Crippen LogP contribution in [0.4, 0.5) is 8.78 Å². The lowest BCUT2D eigenvalue weighted by Crippen LogP contribution is -2.60. The van der Waals surface area contributed by atoms with E-state index in [1.165, 1.54) is 24.5 Å². The fraction of sp³-hybridized carbons (Fsp3) is 0.368. The van der Waals surface area contributed by atoms with E-state index in [9.17, 15) is 23.5 Å². The second kappa shape index (κ2) is 7.97. The molecule has 0 radical (unpaired) electrons. The third kappa shape index (κ3) is 3.99. The number of carbonyl (C=O) groups excluding carboxylic acids is 2. The van der Waals surface area contributed by atoms with Gasteiger partial charge in [-0.1, -0.05) is 12.1 Å². The molecule has 2 amide bonds. The Balaban J connectivity index is 1.69. The van der Waals surface area contributed by atoms with Gasteiger partial charge in [0.15, 0.2) is 11.6 Å². The number of likely N-dealkylation sites (tertiary alicyclic amines) is 1. The number of nitrogens with one attached hydrogen (secondary N) is 1. The number of carbonyl (C=O) groups is 2. The van der Waals surface area contributed by atoms with Crippen LogP contribution in [0.15, 0.2) is 30.6 Å². The molecule has 1 aliphatic rings. The van der Waals surface area contributed by atoms with Crippen molar-refractivity contribution in [1.29, 1.82) is 0 Å². The molecular weight excluding hydrogens is 370 g/mol. The van der Waals surface area contributed by atoms with Crippen molar-refractivity contribution in [2.75, 3.05) is 6.54 Å². The summed E-state index contributed by atoms with van der Waals surface area (Å²) in [6.07, 6.45) is 3.31. The van der Waals surface area contributed by atoms with Crippen LogP contribution in [-0.2, 0) is 22.7 Å². The number of piperidine rings is 1. The van der Waals surface area contributed by atoms with Crippen molar-refractivity contribution < 1.29 is 23.5 Å². The van der Waals surface area contributed by atoms with Crippen LogP contribution in [-0.4, -0.2) is 43.9 Å². The van der Waals surface area contributed by atoms with Gasteiger partial charge in [-0.15, -0.1) is 0 Å². The number of hydrogen-bond acceptors (Lipinski definition) is 5. The number of halogens is 2. The zero-order valence-electron chi connectivity index (χ0n) is 15.3. The summed E-state index contributed by atoms with van der Waals surface area (Å²) in [5.74, 6) is -3.76. The molecule has 1 aromatic heterocycles. The van der Waals surface area contributed by atoms with Crippen molar-refractivity contribution in [3.05, 3.63) is 59.2 Å². The fourth-order valence-electron chi connectivity index (χ4n) is 3.06. The minimum Gasteiger partial charge on any atom is -0.372 e. The van der Waals surface area contributed by atoms with Crippen molar-refractivity contribution in [3.8, 4) is 0 Å². The molecule has 28 heavy (non-hydrogen) atoms. The summed E-state index contributed by atoms with van der Waals surface area (Å²) in [7, 11) is 0. The van der Waals surface area contributed by atoms with E-state index < -0.39 is 29.0 Å². The maximum Gasteiger partial charge on any atom is 0.264 e. The van der Waals surface area contributed by atoms with E-state index >= 15 is 0 Å². The van der Waals surface area contributed by atoms with Crippen LogP contribution in [0.2, 0.25) is 0 Å². The van der Waals surface area contributed by atoms with Crippen LogP contribution < -0.4 is 5.32 Å². The summed E-state index contributed by atoms with van der Waals surface area (Å²) in [5, 5.41) is 13.2. The van der Waals surface area contributed by atoms with Gasteiger partial charge in [-0.05, 0) is 25.8 Å². The van der Waals surface area contributed by atoms with Crippen molar-refractivity contribution in [2.45, 2.75) is 38.5 Å². The summed E-state index contributed by atoms with van der Waals surface area (Å²) >= 11 is 0. The van der Waals surface area contributed by atoms with Gasteiger partial charge in [0.25, 0.3) is 11.8 Å². The summed E-state index contributed by atoms with van der Waals surface area (Å²) < 4.78 is 27.3. The molecule has 1 unspecified atom stereocenters. The Labute approximate surface area is 160 Å². The maximum absolute atomic E-state index is 13.9. The normalized spacial score (nSPS) is 19.6. The first-order chi connectivity index (χ1) is 13.3. The summed E-state index contributed by atoms with van der Waals surface area (Å²) in [6, 6.07) is 3.67. The quantitative estimate of drug-likeness (QED) is 0.749. The molecule has 2 N–H and O–H groups in total. The van der Waals surface area contributed by atoms with E-state index in [2.05, 4.69) is 15.3 Å². The van der Waals surface area contributed by atoms with Gasteiger partial charge in [-0.2, -0.15) is 0 Å². The zero-order chi connectivity index (χ0) is 20.3. The predicted molar refractivity (Wildman–Crippen MR) is 94.6 cm³/mol. The summed E-state index contributed by atoms with van der Waals surface area (Å²) in [6.45, 7) is 1.77. The molecule has 2 aromatic rings. The molecule has 3 rings (SSSR count). The molecule has 9 heteroatoms. The molecule has 1 aromatic carbocycles. The Kier molecular flexibility index (Phi) is 5.64. The second-order valence-electron chi connectivity index (χ2n) is 6.74. The fourth-order valence-corrected chi connectivity index (χ4v) is 3.06. The molecule has 1 atom stereocenters. The van der Waals surface area contributed by atoms with Crippen molar-refractivity contribution >= 4 is 11.8 Å². The number of hydrogen-bond donors (Lipinski definition) is 2. The number of aryl methyl sites for hydroxylation is 1. The molecule has 1 saturated heterocycles. The zero-order valence-corrected chi connectivity index (χ0v) is 15.3. The maximum atomic E-state index is 13.9. The van der Waals surface area contributed by atoms with Crippen molar-refractivity contribution in [2.24, 2.45) is 0 Å². The number of nitrogens with zero attached hydrogens (tertiary/aromatic N) is 3. The van der Waals surface area contributed by atoms with Crippen LogP contribution in [0, 0.1) is 18.6 Å². The van der Waals surface area contributed by atoms with Gasteiger partial charge in [0.2, 0.25) is 5.60 Å². The highest BCUT2D eigenvalue weighted by atomic mass is 19.2. The van der Waals surface area contributed by atoms with Gasteiger partial charge < -0.3 is 15.3 Å². The SMILES string of the molecule is Cc1cnc(CNC(=O)C2(O)CCCN(Cc3cccc(F)c3F)C2=O)cn1. The second-order valence-corrected chi connectivity index (χ2v) is 6.74. The lowest BCUT2D eigenvalue weighted by atomic mass is 9.90. The number of aliphatic hydroxyl groups is 1. The number of rotatable bonds is 5. The molecule has 0 aliphatic carbocycles. The van der Waals surface area contributed by atoms with Gasteiger partial charge in [-0.3, -0.25) is 19.6 Å². The number of benzene rings is 1. The average molecular weight is 390 g/mol. The number of amides is 2. The average Bonchev–Trinajstić information content (AvgIpc) is 2.68. The van der Waals surface area contributed by atoms with Gasteiger partial charge >= 0.3 is 0 Å². The van der Waals surface area contributed by atoms with Crippen LogP contribution in [0.25, 0.3) is 0 Å². The largest absolute Gasteiger partial charge is 0.372 e. The first-order valence-electron chi connectivity index (χ1n) is 8.82. The molecule has 1 aliphatic heterocycles. The lowest BCUT2D eigenvalue weighted by molar-refractivity contribution is -0.166. The van der Waals surface area contributed by atoms with Crippen LogP contribution in [0.3, 0.4) is 0 Å². The molecule has 7 nitrogen and oxygen atoms in total. The Morgan fingerprint density at radius 2 is 2.11 bits per heavy atom. The summed E-state index contributed by atoms with van der Waals surface area (Å²) in [4.78, 5) is 34.5. The van der Waals surface area contributed by atoms with Gasteiger partial charge in [0.1, 0.15) is 0 Å². The van der Waals surface area contributed by atoms with Crippen LogP contribution in [0.1, 0.15) is 29.8 Å². The molecule has 148 valence electrons. The van der Waals surface area contributed by atoms with Gasteiger partial charge in [0, 0.05) is 24.8 Å². The first kappa shape index (κ1) is 19.8. The van der Waals surface area contributed by atoms with E-state index in [-0.39, 0.29) is 31.6 Å². The molecule has 1 fully saturated rings. The monoisotopic (exact) mass is 390 g/mol. The Bertz CT molecular complexity index is 891. The molecule has 0 saturated carbocycles. The van der Waals surface area contributed by atoms with Gasteiger partial charge in [-0.25, -0.2) is 8.78 Å². The molecule has 0 spiro atoms. The number of aromatic nitrogens is 2.